The SMILES string of the molecule is CCC(CNC(=O)Cc1ccc2c(c1)CCC2)C(=O)O. The predicted octanol–water partition coefficient (Wildman–Crippen LogP) is 1.94. The second kappa shape index (κ2) is 6.55. The average Bonchev–Trinajstić information content (AvgIpc) is 2.86. The van der Waals surface area contributed by atoms with Crippen molar-refractivity contribution in [3.63, 3.8) is 0 Å². The molecule has 0 heterocycles. The van der Waals surface area contributed by atoms with E-state index in [1.807, 2.05) is 13.0 Å². The van der Waals surface area contributed by atoms with Gasteiger partial charge in [-0.2, -0.15) is 0 Å². The lowest BCUT2D eigenvalue weighted by Crippen LogP contribution is -2.33. The molecule has 4 heteroatoms. The fourth-order valence-electron chi connectivity index (χ4n) is 2.63. The molecule has 1 amide bonds. The Labute approximate surface area is 119 Å². The van der Waals surface area contributed by atoms with Gasteiger partial charge in [0.05, 0.1) is 12.3 Å². The lowest BCUT2D eigenvalue weighted by molar-refractivity contribution is -0.141. The largest absolute Gasteiger partial charge is 0.481 e. The molecule has 2 N–H and O–H groups in total. The molecule has 4 nitrogen and oxygen atoms in total. The van der Waals surface area contributed by atoms with Gasteiger partial charge in [0.2, 0.25) is 5.91 Å². The first-order valence-electron chi connectivity index (χ1n) is 7.20. The van der Waals surface area contributed by atoms with E-state index in [0.29, 0.717) is 12.8 Å². The minimum absolute atomic E-state index is 0.109. The van der Waals surface area contributed by atoms with Gasteiger partial charge in [-0.25, -0.2) is 0 Å². The van der Waals surface area contributed by atoms with Crippen molar-refractivity contribution in [1.29, 1.82) is 0 Å². The number of carboxylic acid groups (broad SMARTS) is 1. The molecule has 1 atom stereocenters. The highest BCUT2D eigenvalue weighted by Crippen LogP contribution is 2.22. The Kier molecular flexibility index (Phi) is 4.77. The number of carbonyl (C=O) groups excluding carboxylic acids is 1. The Morgan fingerprint density at radius 1 is 1.30 bits per heavy atom. The maximum atomic E-state index is 11.9. The summed E-state index contributed by atoms with van der Waals surface area (Å²) in [5.41, 5.74) is 3.75. The summed E-state index contributed by atoms with van der Waals surface area (Å²) in [6, 6.07) is 6.21. The van der Waals surface area contributed by atoms with E-state index in [1.165, 1.54) is 17.5 Å². The Hall–Kier alpha value is -1.84. The zero-order valence-corrected chi connectivity index (χ0v) is 11.8. The number of fused-ring (bicyclic) bond motifs is 1. The lowest BCUT2D eigenvalue weighted by Gasteiger charge is -2.11. The third-order valence-corrected chi connectivity index (χ3v) is 3.92. The maximum absolute atomic E-state index is 11.9. The zero-order chi connectivity index (χ0) is 14.5. The number of aliphatic carboxylic acids is 1. The van der Waals surface area contributed by atoms with Crippen LogP contribution in [0, 0.1) is 5.92 Å². The summed E-state index contributed by atoms with van der Waals surface area (Å²) in [6.45, 7) is 2.01. The van der Waals surface area contributed by atoms with E-state index in [0.717, 1.165) is 18.4 Å². The number of hydrogen-bond donors (Lipinski definition) is 2. The third kappa shape index (κ3) is 3.59. The standard InChI is InChI=1S/C16H21NO3/c1-2-12(16(19)20)10-17-15(18)9-11-6-7-13-4-3-5-14(13)8-11/h6-8,12H,2-5,9-10H2,1H3,(H,17,18)(H,19,20). The van der Waals surface area contributed by atoms with Crippen LogP contribution < -0.4 is 5.32 Å². The van der Waals surface area contributed by atoms with Crippen molar-refractivity contribution in [1.82, 2.24) is 5.32 Å². The zero-order valence-electron chi connectivity index (χ0n) is 11.8. The molecular formula is C16H21NO3. The fourth-order valence-corrected chi connectivity index (χ4v) is 2.63. The molecule has 0 spiro atoms. The third-order valence-electron chi connectivity index (χ3n) is 3.92. The first-order valence-corrected chi connectivity index (χ1v) is 7.20. The molecule has 1 aliphatic carbocycles. The highest BCUT2D eigenvalue weighted by Gasteiger charge is 2.16. The van der Waals surface area contributed by atoms with Crippen molar-refractivity contribution >= 4 is 11.9 Å². The van der Waals surface area contributed by atoms with Crippen LogP contribution in [0.3, 0.4) is 0 Å². The van der Waals surface area contributed by atoms with E-state index in [-0.39, 0.29) is 12.5 Å². The molecule has 108 valence electrons. The van der Waals surface area contributed by atoms with Gasteiger partial charge in [-0.1, -0.05) is 25.1 Å². The van der Waals surface area contributed by atoms with Crippen molar-refractivity contribution in [3.05, 3.63) is 34.9 Å². The highest BCUT2D eigenvalue weighted by atomic mass is 16.4. The predicted molar refractivity (Wildman–Crippen MR) is 76.6 cm³/mol. The Morgan fingerprint density at radius 3 is 2.75 bits per heavy atom. The summed E-state index contributed by atoms with van der Waals surface area (Å²) in [6.07, 6.45) is 4.28. The first-order chi connectivity index (χ1) is 9.60. The maximum Gasteiger partial charge on any atom is 0.308 e. The van der Waals surface area contributed by atoms with E-state index in [2.05, 4.69) is 17.4 Å². The summed E-state index contributed by atoms with van der Waals surface area (Å²) < 4.78 is 0. The van der Waals surface area contributed by atoms with E-state index >= 15 is 0 Å². The molecule has 0 radical (unpaired) electrons. The Morgan fingerprint density at radius 2 is 2.05 bits per heavy atom. The Balaban J connectivity index is 1.87. The molecule has 1 aromatic rings. The first kappa shape index (κ1) is 14.6. The van der Waals surface area contributed by atoms with Gasteiger partial charge in [0, 0.05) is 6.54 Å². The fraction of sp³-hybridized carbons (Fsp3) is 0.500. The number of amides is 1. The van der Waals surface area contributed by atoms with Gasteiger partial charge >= 0.3 is 5.97 Å². The van der Waals surface area contributed by atoms with Gasteiger partial charge in [-0.05, 0) is 42.4 Å². The van der Waals surface area contributed by atoms with Crippen molar-refractivity contribution in [3.8, 4) is 0 Å². The normalized spacial score (nSPS) is 14.7. The molecule has 20 heavy (non-hydrogen) atoms. The molecule has 1 aromatic carbocycles. The van der Waals surface area contributed by atoms with E-state index in [1.54, 1.807) is 0 Å². The van der Waals surface area contributed by atoms with Gasteiger partial charge in [0.15, 0.2) is 0 Å². The van der Waals surface area contributed by atoms with Gasteiger partial charge in [-0.15, -0.1) is 0 Å². The highest BCUT2D eigenvalue weighted by molar-refractivity contribution is 5.79. The number of benzene rings is 1. The van der Waals surface area contributed by atoms with Gasteiger partial charge in [0.1, 0.15) is 0 Å². The summed E-state index contributed by atoms with van der Waals surface area (Å²) >= 11 is 0. The molecule has 1 aliphatic rings. The monoisotopic (exact) mass is 275 g/mol. The van der Waals surface area contributed by atoms with Crippen LogP contribution in [0.15, 0.2) is 18.2 Å². The number of rotatable bonds is 6. The molecule has 0 aliphatic heterocycles. The second-order valence-corrected chi connectivity index (χ2v) is 5.38. The quantitative estimate of drug-likeness (QED) is 0.834. The van der Waals surface area contributed by atoms with Crippen molar-refractivity contribution < 1.29 is 14.7 Å². The summed E-state index contributed by atoms with van der Waals surface area (Å²) in [5, 5.41) is 11.6. The number of aryl methyl sites for hydroxylation is 2. The van der Waals surface area contributed by atoms with Crippen LogP contribution in [-0.2, 0) is 28.9 Å². The minimum atomic E-state index is -0.856. The number of carbonyl (C=O) groups is 2. The van der Waals surface area contributed by atoms with Crippen LogP contribution in [0.25, 0.3) is 0 Å². The van der Waals surface area contributed by atoms with Crippen LogP contribution >= 0.6 is 0 Å². The van der Waals surface area contributed by atoms with Crippen LogP contribution in [0.5, 0.6) is 0 Å². The van der Waals surface area contributed by atoms with E-state index < -0.39 is 11.9 Å². The molecular weight excluding hydrogens is 254 g/mol. The topological polar surface area (TPSA) is 66.4 Å². The summed E-state index contributed by atoms with van der Waals surface area (Å²) in [4.78, 5) is 22.7. The van der Waals surface area contributed by atoms with E-state index in [4.69, 9.17) is 5.11 Å². The summed E-state index contributed by atoms with van der Waals surface area (Å²) in [7, 11) is 0. The van der Waals surface area contributed by atoms with Gasteiger partial charge in [0.25, 0.3) is 0 Å². The van der Waals surface area contributed by atoms with Gasteiger partial charge in [-0.3, -0.25) is 9.59 Å². The molecule has 0 aromatic heterocycles. The van der Waals surface area contributed by atoms with Crippen LogP contribution in [-0.4, -0.2) is 23.5 Å². The van der Waals surface area contributed by atoms with E-state index in [9.17, 15) is 9.59 Å². The van der Waals surface area contributed by atoms with Crippen molar-refractivity contribution in [2.75, 3.05) is 6.54 Å². The van der Waals surface area contributed by atoms with Crippen LogP contribution in [0.4, 0.5) is 0 Å². The smallest absolute Gasteiger partial charge is 0.308 e. The second-order valence-electron chi connectivity index (χ2n) is 5.38. The molecule has 2 rings (SSSR count). The summed E-state index contributed by atoms with van der Waals surface area (Å²) in [5.74, 6) is -1.47. The van der Waals surface area contributed by atoms with Crippen molar-refractivity contribution in [2.24, 2.45) is 5.92 Å². The molecule has 1 unspecified atom stereocenters. The molecule has 0 fully saturated rings. The van der Waals surface area contributed by atoms with Crippen LogP contribution in [0.1, 0.15) is 36.5 Å². The molecule has 0 saturated carbocycles. The number of carboxylic acids is 1. The van der Waals surface area contributed by atoms with Crippen LogP contribution in [0.2, 0.25) is 0 Å². The molecule has 0 saturated heterocycles. The Bertz CT molecular complexity index is 510. The van der Waals surface area contributed by atoms with Crippen molar-refractivity contribution in [2.45, 2.75) is 39.0 Å². The average molecular weight is 275 g/mol. The number of nitrogens with one attached hydrogen (secondary N) is 1. The lowest BCUT2D eigenvalue weighted by atomic mass is 10.0. The number of hydrogen-bond acceptors (Lipinski definition) is 2. The minimum Gasteiger partial charge on any atom is -0.481 e. The van der Waals surface area contributed by atoms with Gasteiger partial charge < -0.3 is 10.4 Å². The molecule has 0 bridgehead atoms.